The van der Waals surface area contributed by atoms with Crippen LogP contribution in [0, 0.1) is 10.1 Å². The van der Waals surface area contributed by atoms with E-state index in [-0.39, 0.29) is 18.7 Å². The second-order valence-corrected chi connectivity index (χ2v) is 2.90. The predicted octanol–water partition coefficient (Wildman–Crippen LogP) is 0.801. The maximum Gasteiger partial charge on any atom is 0.314 e. The molecule has 0 aliphatic carbocycles. The molecule has 0 spiro atoms. The van der Waals surface area contributed by atoms with E-state index in [1.54, 1.807) is 6.92 Å². The standard InChI is InChI=1S/C9H10N2O5/c1-2-16-9(13)4-6-3-7(11(14)15)8(12)5-10-6/h3,5,12H,2,4H2,1H3. The molecule has 1 N–H and O–H groups in total. The van der Waals surface area contributed by atoms with Gasteiger partial charge in [-0.25, -0.2) is 0 Å². The van der Waals surface area contributed by atoms with Crippen molar-refractivity contribution in [3.63, 3.8) is 0 Å². The van der Waals surface area contributed by atoms with Crippen molar-refractivity contribution in [2.75, 3.05) is 6.61 Å². The highest BCUT2D eigenvalue weighted by Gasteiger charge is 2.16. The molecule has 0 bridgehead atoms. The molecule has 1 aromatic heterocycles. The minimum atomic E-state index is -0.744. The lowest BCUT2D eigenvalue weighted by Gasteiger charge is -2.01. The smallest absolute Gasteiger partial charge is 0.314 e. The van der Waals surface area contributed by atoms with Crippen LogP contribution >= 0.6 is 0 Å². The Bertz CT molecular complexity index is 418. The van der Waals surface area contributed by atoms with Gasteiger partial charge in [0.2, 0.25) is 5.75 Å². The van der Waals surface area contributed by atoms with Gasteiger partial charge in [-0.1, -0.05) is 0 Å². The van der Waals surface area contributed by atoms with Crippen LogP contribution in [-0.4, -0.2) is 27.6 Å². The van der Waals surface area contributed by atoms with Crippen LogP contribution in [0.25, 0.3) is 0 Å². The Balaban J connectivity index is 2.87. The number of aromatic nitrogens is 1. The molecule has 7 nitrogen and oxygen atoms in total. The fourth-order valence-electron chi connectivity index (χ4n) is 1.08. The number of carbonyl (C=O) groups excluding carboxylic acids is 1. The minimum absolute atomic E-state index is 0.158. The molecular weight excluding hydrogens is 216 g/mol. The fourth-order valence-corrected chi connectivity index (χ4v) is 1.08. The van der Waals surface area contributed by atoms with Crippen LogP contribution in [0.3, 0.4) is 0 Å². The van der Waals surface area contributed by atoms with Gasteiger partial charge in [0.1, 0.15) is 0 Å². The molecule has 0 aromatic carbocycles. The number of esters is 1. The van der Waals surface area contributed by atoms with Crippen LogP contribution in [0.15, 0.2) is 12.3 Å². The number of ether oxygens (including phenoxy) is 1. The summed E-state index contributed by atoms with van der Waals surface area (Å²) in [5.74, 6) is -1.05. The zero-order valence-electron chi connectivity index (χ0n) is 8.54. The van der Waals surface area contributed by atoms with Gasteiger partial charge < -0.3 is 9.84 Å². The van der Waals surface area contributed by atoms with Crippen molar-refractivity contribution in [2.24, 2.45) is 0 Å². The number of hydrogen-bond acceptors (Lipinski definition) is 6. The molecular formula is C9H10N2O5. The Kier molecular flexibility index (Phi) is 3.76. The van der Waals surface area contributed by atoms with E-state index in [9.17, 15) is 14.9 Å². The average Bonchev–Trinajstić information content (AvgIpc) is 2.21. The molecule has 0 atom stereocenters. The van der Waals surface area contributed by atoms with E-state index < -0.39 is 22.3 Å². The van der Waals surface area contributed by atoms with Crippen molar-refractivity contribution >= 4 is 11.7 Å². The van der Waals surface area contributed by atoms with Gasteiger partial charge in [-0.05, 0) is 6.92 Å². The van der Waals surface area contributed by atoms with E-state index >= 15 is 0 Å². The number of aromatic hydroxyl groups is 1. The number of pyridine rings is 1. The highest BCUT2D eigenvalue weighted by molar-refractivity contribution is 5.72. The summed E-state index contributed by atoms with van der Waals surface area (Å²) in [6.45, 7) is 1.89. The first-order valence-electron chi connectivity index (χ1n) is 4.52. The summed E-state index contributed by atoms with van der Waals surface area (Å²) in [6.07, 6.45) is 0.779. The van der Waals surface area contributed by atoms with Crippen molar-refractivity contribution in [3.8, 4) is 5.75 Å². The summed E-state index contributed by atoms with van der Waals surface area (Å²) in [5, 5.41) is 19.6. The van der Waals surface area contributed by atoms with Gasteiger partial charge in [-0.15, -0.1) is 0 Å². The molecule has 0 saturated carbocycles. The van der Waals surface area contributed by atoms with Crippen molar-refractivity contribution in [1.82, 2.24) is 4.98 Å². The van der Waals surface area contributed by atoms with Gasteiger partial charge in [-0.3, -0.25) is 19.9 Å². The van der Waals surface area contributed by atoms with Gasteiger partial charge >= 0.3 is 11.7 Å². The van der Waals surface area contributed by atoms with Crippen LogP contribution in [0.2, 0.25) is 0 Å². The van der Waals surface area contributed by atoms with E-state index in [0.717, 1.165) is 12.3 Å². The summed E-state index contributed by atoms with van der Waals surface area (Å²) in [6, 6.07) is 1.05. The lowest BCUT2D eigenvalue weighted by molar-refractivity contribution is -0.386. The quantitative estimate of drug-likeness (QED) is 0.462. The van der Waals surface area contributed by atoms with Crippen LogP contribution in [0.5, 0.6) is 5.75 Å². The third kappa shape index (κ3) is 2.91. The third-order valence-corrected chi connectivity index (χ3v) is 1.75. The maximum absolute atomic E-state index is 11.1. The van der Waals surface area contributed by atoms with E-state index in [2.05, 4.69) is 9.72 Å². The monoisotopic (exact) mass is 226 g/mol. The van der Waals surface area contributed by atoms with E-state index in [1.807, 2.05) is 0 Å². The van der Waals surface area contributed by atoms with Gasteiger partial charge in [-0.2, -0.15) is 0 Å². The van der Waals surface area contributed by atoms with Crippen LogP contribution in [0.1, 0.15) is 12.6 Å². The Morgan fingerprint density at radius 2 is 2.38 bits per heavy atom. The Labute approximate surface area is 90.8 Å². The number of rotatable bonds is 4. The molecule has 0 radical (unpaired) electrons. The molecule has 0 aliphatic rings. The van der Waals surface area contributed by atoms with Crippen molar-refractivity contribution in [1.29, 1.82) is 0 Å². The predicted molar refractivity (Wildman–Crippen MR) is 52.9 cm³/mol. The SMILES string of the molecule is CCOC(=O)Cc1cc([N+](=O)[O-])c(O)cn1. The largest absolute Gasteiger partial charge is 0.501 e. The molecule has 86 valence electrons. The molecule has 1 rings (SSSR count). The first-order valence-corrected chi connectivity index (χ1v) is 4.52. The van der Waals surface area contributed by atoms with Gasteiger partial charge in [0.25, 0.3) is 0 Å². The number of carbonyl (C=O) groups is 1. The molecule has 16 heavy (non-hydrogen) atoms. The second kappa shape index (κ2) is 5.06. The Hall–Kier alpha value is -2.18. The highest BCUT2D eigenvalue weighted by Crippen LogP contribution is 2.24. The van der Waals surface area contributed by atoms with Crippen LogP contribution in [-0.2, 0) is 16.0 Å². The topological polar surface area (TPSA) is 103 Å². The van der Waals surface area contributed by atoms with E-state index in [0.29, 0.717) is 0 Å². The zero-order chi connectivity index (χ0) is 12.1. The zero-order valence-corrected chi connectivity index (χ0v) is 8.54. The van der Waals surface area contributed by atoms with Crippen molar-refractivity contribution < 1.29 is 19.6 Å². The molecule has 0 unspecified atom stereocenters. The fraction of sp³-hybridized carbons (Fsp3) is 0.333. The Morgan fingerprint density at radius 1 is 1.69 bits per heavy atom. The van der Waals surface area contributed by atoms with Crippen molar-refractivity contribution in [3.05, 3.63) is 28.1 Å². The van der Waals surface area contributed by atoms with Crippen LogP contribution < -0.4 is 0 Å². The van der Waals surface area contributed by atoms with E-state index in [4.69, 9.17) is 5.11 Å². The minimum Gasteiger partial charge on any atom is -0.501 e. The van der Waals surface area contributed by atoms with E-state index in [1.165, 1.54) is 0 Å². The molecule has 1 aromatic rings. The number of nitrogens with zero attached hydrogens (tertiary/aromatic N) is 2. The summed E-state index contributed by atoms with van der Waals surface area (Å²) in [5.41, 5.74) is -0.294. The molecule has 0 saturated heterocycles. The molecule has 7 heteroatoms. The molecule has 0 fully saturated rings. The molecule has 0 aliphatic heterocycles. The highest BCUT2D eigenvalue weighted by atomic mass is 16.6. The average molecular weight is 226 g/mol. The van der Waals surface area contributed by atoms with Crippen molar-refractivity contribution in [2.45, 2.75) is 13.3 Å². The van der Waals surface area contributed by atoms with Gasteiger partial charge in [0.05, 0.1) is 29.8 Å². The van der Waals surface area contributed by atoms with Gasteiger partial charge in [0, 0.05) is 6.07 Å². The summed E-state index contributed by atoms with van der Waals surface area (Å²) in [7, 11) is 0. The van der Waals surface area contributed by atoms with Gasteiger partial charge in [0.15, 0.2) is 0 Å². The third-order valence-electron chi connectivity index (χ3n) is 1.75. The van der Waals surface area contributed by atoms with Crippen LogP contribution in [0.4, 0.5) is 5.69 Å². The lowest BCUT2D eigenvalue weighted by atomic mass is 10.2. The second-order valence-electron chi connectivity index (χ2n) is 2.90. The summed E-state index contributed by atoms with van der Waals surface area (Å²) in [4.78, 5) is 24.5. The first-order chi connectivity index (χ1) is 7.54. The summed E-state index contributed by atoms with van der Waals surface area (Å²) >= 11 is 0. The lowest BCUT2D eigenvalue weighted by Crippen LogP contribution is -2.08. The maximum atomic E-state index is 11.1. The number of hydrogen-bond donors (Lipinski definition) is 1. The molecule has 1 heterocycles. The normalized spacial score (nSPS) is 9.81. The Morgan fingerprint density at radius 3 is 2.94 bits per heavy atom. The molecule has 0 amide bonds. The first kappa shape index (κ1) is 11.9. The summed E-state index contributed by atoms with van der Waals surface area (Å²) < 4.78 is 4.67. The number of nitro groups is 1.